The Morgan fingerprint density at radius 1 is 1.28 bits per heavy atom. The third kappa shape index (κ3) is 3.47. The molecule has 2 aliphatic carbocycles. The van der Waals surface area contributed by atoms with Crippen molar-refractivity contribution in [1.82, 2.24) is 9.13 Å². The van der Waals surface area contributed by atoms with Crippen molar-refractivity contribution in [3.63, 3.8) is 0 Å². The van der Waals surface area contributed by atoms with Crippen molar-refractivity contribution < 1.29 is 15.0 Å². The maximum atomic E-state index is 13.0. The molecule has 3 rings (SSSR count). The maximum absolute atomic E-state index is 13.0. The van der Waals surface area contributed by atoms with Gasteiger partial charge in [0.15, 0.2) is 0 Å². The average Bonchev–Trinajstić information content (AvgIpc) is 2.61. The molecule has 1 spiro atoms. The molecule has 0 radical (unpaired) electrons. The van der Waals surface area contributed by atoms with Crippen LogP contribution in [0.25, 0.3) is 0 Å². The summed E-state index contributed by atoms with van der Waals surface area (Å²) in [7, 11) is 0. The van der Waals surface area contributed by atoms with Crippen molar-refractivity contribution >= 4 is 11.8 Å². The zero-order chi connectivity index (χ0) is 21.6. The number of amidine groups is 1. The molecular formula is C20H30N4O5. The molecule has 160 valence electrons. The van der Waals surface area contributed by atoms with Crippen LogP contribution in [0.5, 0.6) is 5.88 Å². The normalized spacial score (nSPS) is 28.8. The lowest BCUT2D eigenvalue weighted by Gasteiger charge is -2.55. The number of carboxylic acid groups (broad SMARTS) is 1. The highest BCUT2D eigenvalue weighted by molar-refractivity contribution is 5.96. The first kappa shape index (κ1) is 21.1. The molecule has 1 heterocycles. The van der Waals surface area contributed by atoms with E-state index in [1.807, 2.05) is 6.92 Å². The Morgan fingerprint density at radius 2 is 1.86 bits per heavy atom. The topological polar surface area (TPSA) is 151 Å². The average molecular weight is 406 g/mol. The molecule has 2 aliphatic rings. The first-order chi connectivity index (χ1) is 13.5. The lowest BCUT2D eigenvalue weighted by atomic mass is 9.49. The number of carboxylic acids is 1. The molecule has 0 aliphatic heterocycles. The minimum Gasteiger partial charge on any atom is -0.494 e. The van der Waals surface area contributed by atoms with Crippen LogP contribution in [-0.4, -0.2) is 31.2 Å². The highest BCUT2D eigenvalue weighted by Gasteiger charge is 2.56. The van der Waals surface area contributed by atoms with Gasteiger partial charge in [0, 0.05) is 12.6 Å². The van der Waals surface area contributed by atoms with Crippen molar-refractivity contribution in [2.75, 3.05) is 0 Å². The summed E-state index contributed by atoms with van der Waals surface area (Å²) in [5, 5.41) is 27.4. The third-order valence-electron chi connectivity index (χ3n) is 6.78. The van der Waals surface area contributed by atoms with Crippen LogP contribution in [0.15, 0.2) is 9.59 Å². The molecule has 0 saturated heterocycles. The molecule has 1 aromatic rings. The van der Waals surface area contributed by atoms with Crippen LogP contribution in [-0.2, 0) is 11.3 Å². The second kappa shape index (κ2) is 7.35. The standard InChI is InChI=1S/C20H30N4O5/c1-3-4-9-23-15(25)13(14(21)22)16(26)24(18(23)29)12-5-7-20(8-6-12)10-19(2,11-20)17(27)28/h12,25H,3-11H2,1-2H3,(H3,21,22)(H,27,28). The van der Waals surface area contributed by atoms with E-state index in [2.05, 4.69) is 0 Å². The molecule has 2 saturated carbocycles. The van der Waals surface area contributed by atoms with Crippen molar-refractivity contribution in [3.05, 3.63) is 26.4 Å². The van der Waals surface area contributed by atoms with Crippen LogP contribution in [0, 0.1) is 16.2 Å². The van der Waals surface area contributed by atoms with Gasteiger partial charge in [-0.25, -0.2) is 4.79 Å². The van der Waals surface area contributed by atoms with Gasteiger partial charge in [0.2, 0.25) is 5.88 Å². The SMILES string of the molecule is CCCCn1c(O)c(C(=N)N)c(=O)n(C2CCC3(CC2)CC(C)(C(=O)O)C3)c1=O. The molecule has 0 unspecified atom stereocenters. The van der Waals surface area contributed by atoms with Crippen molar-refractivity contribution in [1.29, 1.82) is 5.41 Å². The van der Waals surface area contributed by atoms with E-state index in [4.69, 9.17) is 11.1 Å². The van der Waals surface area contributed by atoms with E-state index < -0.39 is 34.3 Å². The van der Waals surface area contributed by atoms with Crippen LogP contribution in [0.3, 0.4) is 0 Å². The summed E-state index contributed by atoms with van der Waals surface area (Å²) in [6.45, 7) is 3.96. The second-order valence-corrected chi connectivity index (χ2v) is 9.03. The molecule has 9 heteroatoms. The van der Waals surface area contributed by atoms with Gasteiger partial charge in [-0.05, 0) is 57.3 Å². The third-order valence-corrected chi connectivity index (χ3v) is 6.78. The van der Waals surface area contributed by atoms with E-state index in [0.29, 0.717) is 32.1 Å². The molecule has 0 bridgehead atoms. The minimum atomic E-state index is -0.773. The van der Waals surface area contributed by atoms with Gasteiger partial charge in [0.05, 0.1) is 5.41 Å². The van der Waals surface area contributed by atoms with Gasteiger partial charge in [0.1, 0.15) is 11.4 Å². The van der Waals surface area contributed by atoms with E-state index in [9.17, 15) is 24.6 Å². The smallest absolute Gasteiger partial charge is 0.334 e. The zero-order valence-electron chi connectivity index (χ0n) is 17.0. The predicted molar refractivity (Wildman–Crippen MR) is 107 cm³/mol. The second-order valence-electron chi connectivity index (χ2n) is 9.03. The number of nitrogen functional groups attached to an aromatic ring is 1. The molecule has 1 aromatic heterocycles. The molecule has 29 heavy (non-hydrogen) atoms. The fraction of sp³-hybridized carbons (Fsp3) is 0.700. The van der Waals surface area contributed by atoms with Crippen molar-refractivity contribution in [2.45, 2.75) is 77.8 Å². The lowest BCUT2D eigenvalue weighted by Crippen LogP contribution is -2.52. The summed E-state index contributed by atoms with van der Waals surface area (Å²) in [5.41, 5.74) is 3.19. The Balaban J connectivity index is 1.91. The highest BCUT2D eigenvalue weighted by atomic mass is 16.4. The summed E-state index contributed by atoms with van der Waals surface area (Å²) < 4.78 is 2.28. The fourth-order valence-electron chi connectivity index (χ4n) is 5.32. The Kier molecular flexibility index (Phi) is 5.36. The summed E-state index contributed by atoms with van der Waals surface area (Å²) in [6.07, 6.45) is 5.34. The van der Waals surface area contributed by atoms with E-state index in [1.165, 1.54) is 0 Å². The molecular weight excluding hydrogens is 376 g/mol. The van der Waals surface area contributed by atoms with E-state index >= 15 is 0 Å². The maximum Gasteiger partial charge on any atom is 0.334 e. The van der Waals surface area contributed by atoms with Crippen LogP contribution in [0.1, 0.15) is 76.8 Å². The molecule has 9 nitrogen and oxygen atoms in total. The fourth-order valence-corrected chi connectivity index (χ4v) is 5.32. The van der Waals surface area contributed by atoms with Gasteiger partial charge < -0.3 is 15.9 Å². The van der Waals surface area contributed by atoms with Gasteiger partial charge >= 0.3 is 11.7 Å². The predicted octanol–water partition coefficient (Wildman–Crippen LogP) is 1.79. The van der Waals surface area contributed by atoms with Gasteiger partial charge in [-0.2, -0.15) is 0 Å². The Bertz CT molecular complexity index is 945. The number of hydrogen-bond acceptors (Lipinski definition) is 5. The van der Waals surface area contributed by atoms with Gasteiger partial charge in [-0.1, -0.05) is 13.3 Å². The van der Waals surface area contributed by atoms with Gasteiger partial charge in [0.25, 0.3) is 5.56 Å². The molecule has 0 aromatic carbocycles. The Morgan fingerprint density at radius 3 is 2.34 bits per heavy atom. The number of carbonyl (C=O) groups is 1. The van der Waals surface area contributed by atoms with E-state index in [0.717, 1.165) is 28.4 Å². The number of aromatic nitrogens is 2. The molecule has 0 atom stereocenters. The summed E-state index contributed by atoms with van der Waals surface area (Å²) in [5.74, 6) is -1.87. The number of aliphatic carboxylic acids is 1. The number of nitrogens with two attached hydrogens (primary N) is 1. The molecule has 2 fully saturated rings. The zero-order valence-corrected chi connectivity index (χ0v) is 17.0. The summed E-state index contributed by atoms with van der Waals surface area (Å²) >= 11 is 0. The van der Waals surface area contributed by atoms with E-state index in [1.54, 1.807) is 6.92 Å². The van der Waals surface area contributed by atoms with Crippen LogP contribution < -0.4 is 17.0 Å². The molecule has 0 amide bonds. The monoisotopic (exact) mass is 406 g/mol. The number of unbranched alkanes of at least 4 members (excludes halogenated alkanes) is 1. The van der Waals surface area contributed by atoms with Gasteiger partial charge in [-0.3, -0.25) is 24.1 Å². The Hall–Kier alpha value is -2.58. The number of aromatic hydroxyl groups is 1. The van der Waals surface area contributed by atoms with Crippen LogP contribution in [0.4, 0.5) is 0 Å². The molecule has 5 N–H and O–H groups in total. The summed E-state index contributed by atoms with van der Waals surface area (Å²) in [4.78, 5) is 37.3. The highest BCUT2D eigenvalue weighted by Crippen LogP contribution is 2.62. The van der Waals surface area contributed by atoms with Crippen LogP contribution >= 0.6 is 0 Å². The Labute approximate surface area is 168 Å². The van der Waals surface area contributed by atoms with Crippen LogP contribution in [0.2, 0.25) is 0 Å². The summed E-state index contributed by atoms with van der Waals surface area (Å²) in [6, 6.07) is -0.344. The van der Waals surface area contributed by atoms with Crippen molar-refractivity contribution in [2.24, 2.45) is 16.6 Å². The number of nitrogens with zero attached hydrogens (tertiary/aromatic N) is 2. The number of rotatable bonds is 6. The number of nitrogens with one attached hydrogen (secondary N) is 1. The van der Waals surface area contributed by atoms with Gasteiger partial charge in [-0.15, -0.1) is 0 Å². The first-order valence-electron chi connectivity index (χ1n) is 10.2. The van der Waals surface area contributed by atoms with Crippen molar-refractivity contribution in [3.8, 4) is 5.88 Å². The lowest BCUT2D eigenvalue weighted by molar-refractivity contribution is -0.166. The first-order valence-corrected chi connectivity index (χ1v) is 10.2. The van der Waals surface area contributed by atoms with E-state index in [-0.39, 0.29) is 23.6 Å². The number of hydrogen-bond donors (Lipinski definition) is 4. The largest absolute Gasteiger partial charge is 0.494 e. The minimum absolute atomic E-state index is 0.0329. The quantitative estimate of drug-likeness (QED) is 0.417.